The monoisotopic (exact) mass is 334 g/mol. The number of aliphatic carboxylic acids is 1. The molecular weight excluding hydrogens is 312 g/mol. The lowest BCUT2D eigenvalue weighted by Crippen LogP contribution is -2.33. The molecule has 0 spiro atoms. The highest BCUT2D eigenvalue weighted by molar-refractivity contribution is 6.01. The smallest absolute Gasteiger partial charge is 0.337 e. The standard InChI is InChI=1S/C21H22N2O2/c1-3-6-17-13-23-14-18(21(24)25)10-12-20(23)22-19(17)11-9-16-8-5-4-7-15(16)2/h4-5,7-12,14H,3,6,13H2,1-2H3,(H,24,25)/b11-9+. The summed E-state index contributed by atoms with van der Waals surface area (Å²) in [6, 6.07) is 8.26. The maximum Gasteiger partial charge on any atom is 0.337 e. The van der Waals surface area contributed by atoms with Gasteiger partial charge in [-0.2, -0.15) is 0 Å². The second kappa shape index (κ2) is 7.34. The van der Waals surface area contributed by atoms with E-state index in [1.54, 1.807) is 18.4 Å². The summed E-state index contributed by atoms with van der Waals surface area (Å²) in [7, 11) is 0. The van der Waals surface area contributed by atoms with Gasteiger partial charge < -0.3 is 10.0 Å². The molecule has 2 aliphatic heterocycles. The van der Waals surface area contributed by atoms with E-state index in [0.717, 1.165) is 24.4 Å². The SMILES string of the molecule is CCCC1=C(/C=C/c2ccccc2C)N=C2C=CC(C(=O)O)=CN2C1. The number of allylic oxidation sites excluding steroid dienone is 1. The highest BCUT2D eigenvalue weighted by Gasteiger charge is 2.22. The van der Waals surface area contributed by atoms with Gasteiger partial charge in [-0.15, -0.1) is 0 Å². The second-order valence-corrected chi connectivity index (χ2v) is 6.25. The van der Waals surface area contributed by atoms with Crippen LogP contribution < -0.4 is 0 Å². The van der Waals surface area contributed by atoms with Gasteiger partial charge in [0.1, 0.15) is 5.84 Å². The molecule has 128 valence electrons. The van der Waals surface area contributed by atoms with Crippen LogP contribution in [0.4, 0.5) is 0 Å². The number of hydrogen-bond donors (Lipinski definition) is 1. The van der Waals surface area contributed by atoms with E-state index in [4.69, 9.17) is 4.99 Å². The van der Waals surface area contributed by atoms with E-state index in [9.17, 15) is 9.90 Å². The molecular formula is C21H22N2O2. The van der Waals surface area contributed by atoms with Crippen molar-refractivity contribution >= 4 is 17.9 Å². The number of aryl methyl sites for hydroxylation is 1. The van der Waals surface area contributed by atoms with Crippen LogP contribution in [0.15, 0.2) is 70.5 Å². The molecule has 0 radical (unpaired) electrons. The van der Waals surface area contributed by atoms with Crippen LogP contribution >= 0.6 is 0 Å². The number of aliphatic imine (C=N–C) groups is 1. The van der Waals surface area contributed by atoms with Crippen molar-refractivity contribution < 1.29 is 9.90 Å². The highest BCUT2D eigenvalue weighted by atomic mass is 16.4. The van der Waals surface area contributed by atoms with Gasteiger partial charge in [-0.25, -0.2) is 9.79 Å². The first kappa shape index (κ1) is 17.0. The molecule has 2 aliphatic rings. The third kappa shape index (κ3) is 3.79. The fourth-order valence-electron chi connectivity index (χ4n) is 2.99. The molecule has 1 aromatic rings. The van der Waals surface area contributed by atoms with Gasteiger partial charge >= 0.3 is 5.97 Å². The number of amidine groups is 1. The fraction of sp³-hybridized carbons (Fsp3) is 0.238. The summed E-state index contributed by atoms with van der Waals surface area (Å²) < 4.78 is 0. The van der Waals surface area contributed by atoms with Crippen molar-refractivity contribution in [2.45, 2.75) is 26.7 Å². The Kier molecular flexibility index (Phi) is 4.98. The van der Waals surface area contributed by atoms with Crippen molar-refractivity contribution in [1.29, 1.82) is 0 Å². The van der Waals surface area contributed by atoms with Crippen LogP contribution in [-0.4, -0.2) is 28.4 Å². The zero-order chi connectivity index (χ0) is 17.8. The number of carbonyl (C=O) groups is 1. The minimum Gasteiger partial charge on any atom is -0.478 e. The second-order valence-electron chi connectivity index (χ2n) is 6.25. The van der Waals surface area contributed by atoms with E-state index in [1.165, 1.54) is 16.7 Å². The van der Waals surface area contributed by atoms with Crippen molar-refractivity contribution in [2.75, 3.05) is 6.54 Å². The molecule has 1 aromatic carbocycles. The maximum atomic E-state index is 11.2. The minimum absolute atomic E-state index is 0.286. The zero-order valence-corrected chi connectivity index (χ0v) is 14.6. The molecule has 0 bridgehead atoms. The van der Waals surface area contributed by atoms with E-state index in [1.807, 2.05) is 17.0 Å². The van der Waals surface area contributed by atoms with Crippen molar-refractivity contribution in [1.82, 2.24) is 4.90 Å². The number of rotatable bonds is 5. The highest BCUT2D eigenvalue weighted by Crippen LogP contribution is 2.25. The maximum absolute atomic E-state index is 11.2. The molecule has 0 amide bonds. The van der Waals surface area contributed by atoms with Crippen LogP contribution in [0, 0.1) is 6.92 Å². The van der Waals surface area contributed by atoms with Crippen molar-refractivity contribution in [3.05, 3.63) is 76.7 Å². The first-order valence-electron chi connectivity index (χ1n) is 8.52. The molecule has 25 heavy (non-hydrogen) atoms. The topological polar surface area (TPSA) is 52.9 Å². The van der Waals surface area contributed by atoms with Crippen LogP contribution in [-0.2, 0) is 4.79 Å². The Hall–Kier alpha value is -2.88. The zero-order valence-electron chi connectivity index (χ0n) is 14.6. The predicted molar refractivity (Wildman–Crippen MR) is 101 cm³/mol. The van der Waals surface area contributed by atoms with E-state index in [2.05, 4.69) is 38.1 Å². The summed E-state index contributed by atoms with van der Waals surface area (Å²) in [6.07, 6.45) is 11.2. The molecule has 0 aromatic heterocycles. The molecule has 0 fully saturated rings. The fourth-order valence-corrected chi connectivity index (χ4v) is 2.99. The quantitative estimate of drug-likeness (QED) is 0.873. The van der Waals surface area contributed by atoms with E-state index < -0.39 is 5.97 Å². The van der Waals surface area contributed by atoms with Gasteiger partial charge in [0.25, 0.3) is 0 Å². The normalized spacial score (nSPS) is 16.8. The number of hydrogen-bond acceptors (Lipinski definition) is 3. The largest absolute Gasteiger partial charge is 0.478 e. The molecule has 0 unspecified atom stereocenters. The lowest BCUT2D eigenvalue weighted by Gasteiger charge is -2.29. The summed E-state index contributed by atoms with van der Waals surface area (Å²) in [5.74, 6) is -0.129. The average Bonchev–Trinajstić information content (AvgIpc) is 2.60. The Morgan fingerprint density at radius 3 is 2.80 bits per heavy atom. The molecule has 3 rings (SSSR count). The van der Waals surface area contributed by atoms with Crippen molar-refractivity contribution in [2.24, 2.45) is 4.99 Å². The lowest BCUT2D eigenvalue weighted by molar-refractivity contribution is -0.132. The van der Waals surface area contributed by atoms with Gasteiger partial charge in [0, 0.05) is 12.7 Å². The third-order valence-corrected chi connectivity index (χ3v) is 4.37. The molecule has 0 saturated carbocycles. The van der Waals surface area contributed by atoms with Gasteiger partial charge in [0.15, 0.2) is 0 Å². The number of benzene rings is 1. The summed E-state index contributed by atoms with van der Waals surface area (Å²) in [6.45, 7) is 4.92. The van der Waals surface area contributed by atoms with Crippen LogP contribution in [0.5, 0.6) is 0 Å². The Morgan fingerprint density at radius 1 is 1.28 bits per heavy atom. The van der Waals surface area contributed by atoms with Gasteiger partial charge in [-0.05, 0) is 48.3 Å². The number of carboxylic acid groups (broad SMARTS) is 1. The van der Waals surface area contributed by atoms with Crippen LogP contribution in [0.1, 0.15) is 30.9 Å². The van der Waals surface area contributed by atoms with Gasteiger partial charge in [-0.3, -0.25) is 0 Å². The van der Waals surface area contributed by atoms with E-state index in [0.29, 0.717) is 6.54 Å². The van der Waals surface area contributed by atoms with Crippen LogP contribution in [0.3, 0.4) is 0 Å². The van der Waals surface area contributed by atoms with Gasteiger partial charge in [0.2, 0.25) is 0 Å². The molecule has 0 saturated heterocycles. The first-order valence-corrected chi connectivity index (χ1v) is 8.52. The number of carboxylic acids is 1. The van der Waals surface area contributed by atoms with Crippen LogP contribution in [0.2, 0.25) is 0 Å². The first-order chi connectivity index (χ1) is 12.1. The number of nitrogens with zero attached hydrogens (tertiary/aromatic N) is 2. The predicted octanol–water partition coefficient (Wildman–Crippen LogP) is 4.31. The van der Waals surface area contributed by atoms with E-state index in [-0.39, 0.29) is 5.57 Å². The van der Waals surface area contributed by atoms with Crippen LogP contribution in [0.25, 0.3) is 6.08 Å². The molecule has 0 atom stereocenters. The minimum atomic E-state index is -0.915. The molecule has 4 nitrogen and oxygen atoms in total. The molecule has 0 aliphatic carbocycles. The summed E-state index contributed by atoms with van der Waals surface area (Å²) in [5, 5.41) is 9.18. The summed E-state index contributed by atoms with van der Waals surface area (Å²) in [4.78, 5) is 17.9. The summed E-state index contributed by atoms with van der Waals surface area (Å²) >= 11 is 0. The molecule has 4 heteroatoms. The Morgan fingerprint density at radius 2 is 2.08 bits per heavy atom. The Balaban J connectivity index is 1.91. The molecule has 1 N–H and O–H groups in total. The van der Waals surface area contributed by atoms with E-state index >= 15 is 0 Å². The Labute approximate surface area is 148 Å². The number of fused-ring (bicyclic) bond motifs is 1. The van der Waals surface area contributed by atoms with Gasteiger partial charge in [-0.1, -0.05) is 43.7 Å². The van der Waals surface area contributed by atoms with Gasteiger partial charge in [0.05, 0.1) is 11.3 Å². The Bertz CT molecular complexity index is 841. The van der Waals surface area contributed by atoms with Crippen molar-refractivity contribution in [3.63, 3.8) is 0 Å². The lowest BCUT2D eigenvalue weighted by atomic mass is 10.0. The van der Waals surface area contributed by atoms with Crippen molar-refractivity contribution in [3.8, 4) is 0 Å². The third-order valence-electron chi connectivity index (χ3n) is 4.37. The molecule has 2 heterocycles. The summed E-state index contributed by atoms with van der Waals surface area (Å²) in [5.41, 5.74) is 4.91. The average molecular weight is 334 g/mol.